The molecular weight excluding hydrogens is 124 g/mol. The topological polar surface area (TPSA) is 0 Å². The van der Waals surface area contributed by atoms with Crippen molar-refractivity contribution < 1.29 is 0 Å². The molecule has 0 aliphatic heterocycles. The molecule has 0 aromatic carbocycles. The monoisotopic (exact) mass is 140 g/mol. The SMILES string of the molecule is C=CCC[Si](C)(C)C=C. The van der Waals surface area contributed by atoms with Crippen molar-refractivity contribution in [1.82, 2.24) is 0 Å². The Kier molecular flexibility index (Phi) is 3.55. The van der Waals surface area contributed by atoms with Gasteiger partial charge in [-0.2, -0.15) is 0 Å². The summed E-state index contributed by atoms with van der Waals surface area (Å²) in [6, 6.07) is 1.29. The van der Waals surface area contributed by atoms with Crippen LogP contribution in [0.3, 0.4) is 0 Å². The Labute approximate surface area is 59.3 Å². The Morgan fingerprint density at radius 2 is 1.89 bits per heavy atom. The first kappa shape index (κ1) is 8.70. The van der Waals surface area contributed by atoms with Gasteiger partial charge >= 0.3 is 0 Å². The van der Waals surface area contributed by atoms with Crippen LogP contribution in [0.1, 0.15) is 6.42 Å². The lowest BCUT2D eigenvalue weighted by Crippen LogP contribution is -2.20. The summed E-state index contributed by atoms with van der Waals surface area (Å²) in [5.41, 5.74) is 2.14. The second kappa shape index (κ2) is 3.67. The van der Waals surface area contributed by atoms with Gasteiger partial charge in [-0.15, -0.1) is 18.9 Å². The van der Waals surface area contributed by atoms with Crippen molar-refractivity contribution in [2.75, 3.05) is 0 Å². The van der Waals surface area contributed by atoms with E-state index < -0.39 is 8.07 Å². The second-order valence-corrected chi connectivity index (χ2v) is 7.91. The van der Waals surface area contributed by atoms with E-state index >= 15 is 0 Å². The highest BCUT2D eigenvalue weighted by Crippen LogP contribution is 2.12. The summed E-state index contributed by atoms with van der Waals surface area (Å²) in [7, 11) is -1.01. The standard InChI is InChI=1S/C8H16Si/c1-5-7-8-9(3,4)6-2/h5-6H,1-2,7-8H2,3-4H3. The molecule has 0 saturated carbocycles. The molecule has 0 heterocycles. The van der Waals surface area contributed by atoms with Crippen molar-refractivity contribution in [3.8, 4) is 0 Å². The lowest BCUT2D eigenvalue weighted by Gasteiger charge is -2.14. The maximum absolute atomic E-state index is 3.81. The maximum Gasteiger partial charge on any atom is 0.0712 e. The molecule has 0 aromatic rings. The molecule has 0 aliphatic rings. The van der Waals surface area contributed by atoms with Gasteiger partial charge in [-0.25, -0.2) is 0 Å². The molecule has 0 N–H and O–H groups in total. The smallest absolute Gasteiger partial charge is 0.0712 e. The normalized spacial score (nSPS) is 10.9. The third kappa shape index (κ3) is 4.22. The quantitative estimate of drug-likeness (QED) is 0.416. The molecule has 0 spiro atoms. The van der Waals surface area contributed by atoms with E-state index in [1.165, 1.54) is 6.04 Å². The van der Waals surface area contributed by atoms with E-state index in [2.05, 4.69) is 32.0 Å². The van der Waals surface area contributed by atoms with Crippen LogP contribution in [-0.2, 0) is 0 Å². The van der Waals surface area contributed by atoms with Crippen LogP contribution in [0, 0.1) is 0 Å². The first-order chi connectivity index (χ1) is 4.12. The molecule has 9 heavy (non-hydrogen) atoms. The van der Waals surface area contributed by atoms with Crippen LogP contribution in [0.15, 0.2) is 24.9 Å². The molecule has 0 nitrogen and oxygen atoms in total. The van der Waals surface area contributed by atoms with Crippen LogP contribution >= 0.6 is 0 Å². The van der Waals surface area contributed by atoms with E-state index in [0.29, 0.717) is 0 Å². The number of allylic oxidation sites excluding steroid dienone is 1. The van der Waals surface area contributed by atoms with Crippen molar-refractivity contribution in [1.29, 1.82) is 0 Å². The van der Waals surface area contributed by atoms with Crippen LogP contribution in [-0.4, -0.2) is 8.07 Å². The van der Waals surface area contributed by atoms with E-state index in [9.17, 15) is 0 Å². The van der Waals surface area contributed by atoms with Crippen molar-refractivity contribution in [3.63, 3.8) is 0 Å². The number of hydrogen-bond donors (Lipinski definition) is 0. The van der Waals surface area contributed by atoms with E-state index in [-0.39, 0.29) is 0 Å². The second-order valence-electron chi connectivity index (χ2n) is 3.02. The zero-order valence-corrected chi connectivity index (χ0v) is 7.48. The summed E-state index contributed by atoms with van der Waals surface area (Å²) in [5, 5.41) is 0. The Hall–Kier alpha value is -0.303. The minimum absolute atomic E-state index is 1.01. The summed E-state index contributed by atoms with van der Waals surface area (Å²) >= 11 is 0. The molecule has 0 saturated heterocycles. The van der Waals surface area contributed by atoms with Gasteiger partial charge < -0.3 is 0 Å². The predicted octanol–water partition coefficient (Wildman–Crippen LogP) is 3.00. The zero-order valence-electron chi connectivity index (χ0n) is 6.48. The number of rotatable bonds is 4. The van der Waals surface area contributed by atoms with E-state index in [0.717, 1.165) is 6.42 Å². The first-order valence-corrected chi connectivity index (χ1v) is 6.65. The summed E-state index contributed by atoms with van der Waals surface area (Å²) in [6.45, 7) is 12.1. The van der Waals surface area contributed by atoms with Crippen molar-refractivity contribution in [2.45, 2.75) is 25.6 Å². The highest BCUT2D eigenvalue weighted by Gasteiger charge is 2.13. The first-order valence-electron chi connectivity index (χ1n) is 3.37. The maximum atomic E-state index is 3.81. The minimum atomic E-state index is -1.01. The average Bonchev–Trinajstić information content (AvgIpc) is 1.84. The van der Waals surface area contributed by atoms with Gasteiger partial charge in [0.25, 0.3) is 0 Å². The predicted molar refractivity (Wildman–Crippen MR) is 47.3 cm³/mol. The molecular formula is C8H16Si. The van der Waals surface area contributed by atoms with Crippen LogP contribution in [0.2, 0.25) is 19.1 Å². The summed E-state index contributed by atoms with van der Waals surface area (Å²) < 4.78 is 0. The minimum Gasteiger partial charge on any atom is -0.107 e. The van der Waals surface area contributed by atoms with Crippen LogP contribution in [0.4, 0.5) is 0 Å². The van der Waals surface area contributed by atoms with Gasteiger partial charge in [0.2, 0.25) is 0 Å². The molecule has 52 valence electrons. The Bertz CT molecular complexity index is 103. The Morgan fingerprint density at radius 1 is 1.33 bits per heavy atom. The largest absolute Gasteiger partial charge is 0.107 e. The Morgan fingerprint density at radius 3 is 2.22 bits per heavy atom. The van der Waals surface area contributed by atoms with Crippen LogP contribution < -0.4 is 0 Å². The fraction of sp³-hybridized carbons (Fsp3) is 0.500. The van der Waals surface area contributed by atoms with E-state index in [4.69, 9.17) is 0 Å². The summed E-state index contributed by atoms with van der Waals surface area (Å²) in [5.74, 6) is 0. The van der Waals surface area contributed by atoms with E-state index in [1.807, 2.05) is 6.08 Å². The molecule has 0 bridgehead atoms. The molecule has 0 radical (unpaired) electrons. The molecule has 0 aromatic heterocycles. The third-order valence-electron chi connectivity index (χ3n) is 1.55. The lowest BCUT2D eigenvalue weighted by molar-refractivity contribution is 1.17. The fourth-order valence-electron chi connectivity index (χ4n) is 0.576. The molecule has 1 heteroatoms. The lowest BCUT2D eigenvalue weighted by atomic mass is 10.5. The van der Waals surface area contributed by atoms with Gasteiger partial charge in [0.1, 0.15) is 0 Å². The number of hydrogen-bond acceptors (Lipinski definition) is 0. The van der Waals surface area contributed by atoms with Gasteiger partial charge in [-0.05, 0) is 6.42 Å². The summed E-state index contributed by atoms with van der Waals surface area (Å²) in [4.78, 5) is 0. The molecule has 0 amide bonds. The Balaban J connectivity index is 3.57. The van der Waals surface area contributed by atoms with Gasteiger partial charge in [0, 0.05) is 0 Å². The highest BCUT2D eigenvalue weighted by atomic mass is 28.3. The van der Waals surface area contributed by atoms with Crippen LogP contribution in [0.25, 0.3) is 0 Å². The van der Waals surface area contributed by atoms with Gasteiger partial charge in [-0.1, -0.05) is 25.2 Å². The van der Waals surface area contributed by atoms with Gasteiger partial charge in [0.15, 0.2) is 0 Å². The average molecular weight is 140 g/mol. The fourth-order valence-corrected chi connectivity index (χ4v) is 1.73. The highest BCUT2D eigenvalue weighted by molar-refractivity contribution is 6.82. The van der Waals surface area contributed by atoms with Gasteiger partial charge in [-0.3, -0.25) is 0 Å². The van der Waals surface area contributed by atoms with Gasteiger partial charge in [0.05, 0.1) is 8.07 Å². The third-order valence-corrected chi connectivity index (χ3v) is 4.23. The molecule has 0 fully saturated rings. The molecule has 0 aliphatic carbocycles. The van der Waals surface area contributed by atoms with Crippen molar-refractivity contribution in [2.24, 2.45) is 0 Å². The summed E-state index contributed by atoms with van der Waals surface area (Å²) in [6.07, 6.45) is 3.13. The molecule has 0 unspecified atom stereocenters. The molecule has 0 atom stereocenters. The molecule has 0 rings (SSSR count). The zero-order chi connectivity index (χ0) is 7.33. The van der Waals surface area contributed by atoms with Crippen molar-refractivity contribution in [3.05, 3.63) is 24.9 Å². The van der Waals surface area contributed by atoms with Crippen LogP contribution in [0.5, 0.6) is 0 Å². The van der Waals surface area contributed by atoms with Crippen molar-refractivity contribution >= 4 is 8.07 Å². The van der Waals surface area contributed by atoms with E-state index in [1.54, 1.807) is 0 Å².